The van der Waals surface area contributed by atoms with Crippen molar-refractivity contribution < 1.29 is 24.2 Å². The third kappa shape index (κ3) is 3.90. The number of ether oxygens (including phenoxy) is 2. The zero-order valence-electron chi connectivity index (χ0n) is 12.8. The summed E-state index contributed by atoms with van der Waals surface area (Å²) < 4.78 is 10.8. The van der Waals surface area contributed by atoms with E-state index in [9.17, 15) is 9.59 Å². The van der Waals surface area contributed by atoms with E-state index in [0.717, 1.165) is 0 Å². The Morgan fingerprint density at radius 3 is 2.50 bits per heavy atom. The Bertz CT molecular complexity index is 537. The molecule has 0 saturated carbocycles. The maximum absolute atomic E-state index is 12.4. The Balaban J connectivity index is 1.91. The summed E-state index contributed by atoms with van der Waals surface area (Å²) in [7, 11) is 1.57. The summed E-state index contributed by atoms with van der Waals surface area (Å²) in [5.41, 5.74) is 0. The second-order valence-corrected chi connectivity index (χ2v) is 5.38. The number of nitrogens with zero attached hydrogens (tertiary/aromatic N) is 1. The van der Waals surface area contributed by atoms with Crippen LogP contribution in [0.4, 0.5) is 0 Å². The smallest absolute Gasteiger partial charge is 0.306 e. The third-order valence-corrected chi connectivity index (χ3v) is 3.86. The van der Waals surface area contributed by atoms with Crippen molar-refractivity contribution in [1.29, 1.82) is 0 Å². The number of hydrogen-bond donors (Lipinski definition) is 1. The normalized spacial score (nSPS) is 16.9. The van der Waals surface area contributed by atoms with Gasteiger partial charge in [-0.2, -0.15) is 0 Å². The zero-order chi connectivity index (χ0) is 16.1. The number of methoxy groups -OCH3 is 1. The molecule has 1 aromatic carbocycles. The Morgan fingerprint density at radius 1 is 1.27 bits per heavy atom. The summed E-state index contributed by atoms with van der Waals surface area (Å²) in [4.78, 5) is 25.0. The van der Waals surface area contributed by atoms with Gasteiger partial charge in [0.2, 0.25) is 0 Å². The molecule has 1 unspecified atom stereocenters. The van der Waals surface area contributed by atoms with E-state index in [1.165, 1.54) is 0 Å². The van der Waals surface area contributed by atoms with Crippen molar-refractivity contribution in [1.82, 2.24) is 4.90 Å². The predicted molar refractivity (Wildman–Crippen MR) is 80.0 cm³/mol. The molecule has 6 heteroatoms. The molecule has 1 amide bonds. The first-order valence-electron chi connectivity index (χ1n) is 7.33. The SMILES string of the molecule is COc1cccc(OC(C)C(=O)N2CCC(C(=O)O)CC2)c1. The van der Waals surface area contributed by atoms with Gasteiger partial charge in [0.25, 0.3) is 5.91 Å². The van der Waals surface area contributed by atoms with Gasteiger partial charge in [-0.15, -0.1) is 0 Å². The lowest BCUT2D eigenvalue weighted by atomic mass is 9.97. The van der Waals surface area contributed by atoms with Crippen LogP contribution in [0.3, 0.4) is 0 Å². The Kier molecular flexibility index (Phi) is 5.25. The highest BCUT2D eigenvalue weighted by Gasteiger charge is 2.29. The molecule has 0 aromatic heterocycles. The van der Waals surface area contributed by atoms with Crippen LogP contribution in [0, 0.1) is 5.92 Å². The molecule has 0 aliphatic carbocycles. The highest BCUT2D eigenvalue weighted by atomic mass is 16.5. The molecule has 120 valence electrons. The topological polar surface area (TPSA) is 76.1 Å². The van der Waals surface area contributed by atoms with E-state index in [1.54, 1.807) is 43.2 Å². The van der Waals surface area contributed by atoms with E-state index < -0.39 is 12.1 Å². The highest BCUT2D eigenvalue weighted by molar-refractivity contribution is 5.81. The second kappa shape index (κ2) is 7.15. The number of carbonyl (C=O) groups excluding carboxylic acids is 1. The van der Waals surface area contributed by atoms with Crippen molar-refractivity contribution >= 4 is 11.9 Å². The molecule has 0 spiro atoms. The number of carboxylic acid groups (broad SMARTS) is 1. The van der Waals surface area contributed by atoms with E-state index in [1.807, 2.05) is 0 Å². The number of hydrogen-bond acceptors (Lipinski definition) is 4. The van der Waals surface area contributed by atoms with Gasteiger partial charge in [0.1, 0.15) is 11.5 Å². The summed E-state index contributed by atoms with van der Waals surface area (Å²) in [5.74, 6) is -0.0156. The maximum atomic E-state index is 12.4. The number of likely N-dealkylation sites (tertiary alicyclic amines) is 1. The quantitative estimate of drug-likeness (QED) is 0.897. The lowest BCUT2D eigenvalue weighted by Crippen LogP contribution is -2.45. The lowest BCUT2D eigenvalue weighted by Gasteiger charge is -2.32. The Morgan fingerprint density at radius 2 is 1.91 bits per heavy atom. The summed E-state index contributed by atoms with van der Waals surface area (Å²) >= 11 is 0. The van der Waals surface area contributed by atoms with E-state index in [0.29, 0.717) is 37.4 Å². The predicted octanol–water partition coefficient (Wildman–Crippen LogP) is 1.79. The van der Waals surface area contributed by atoms with Gasteiger partial charge in [-0.1, -0.05) is 6.07 Å². The van der Waals surface area contributed by atoms with E-state index in [4.69, 9.17) is 14.6 Å². The molecule has 1 atom stereocenters. The lowest BCUT2D eigenvalue weighted by molar-refractivity contribution is -0.147. The fraction of sp³-hybridized carbons (Fsp3) is 0.500. The largest absolute Gasteiger partial charge is 0.497 e. The van der Waals surface area contributed by atoms with Crippen LogP contribution in [0.15, 0.2) is 24.3 Å². The number of carbonyl (C=O) groups is 2. The van der Waals surface area contributed by atoms with E-state index >= 15 is 0 Å². The molecule has 0 radical (unpaired) electrons. The molecule has 1 aliphatic rings. The number of benzene rings is 1. The van der Waals surface area contributed by atoms with Crippen molar-refractivity contribution in [2.24, 2.45) is 5.92 Å². The van der Waals surface area contributed by atoms with Gasteiger partial charge in [0.15, 0.2) is 6.10 Å². The van der Waals surface area contributed by atoms with Crippen LogP contribution in [0.25, 0.3) is 0 Å². The number of aliphatic carboxylic acids is 1. The molecule has 2 rings (SSSR count). The van der Waals surface area contributed by atoms with Crippen LogP contribution in [-0.4, -0.2) is 48.2 Å². The van der Waals surface area contributed by atoms with Crippen LogP contribution in [0.1, 0.15) is 19.8 Å². The van der Waals surface area contributed by atoms with Crippen molar-refractivity contribution in [3.05, 3.63) is 24.3 Å². The number of rotatable bonds is 5. The molecular weight excluding hydrogens is 286 g/mol. The van der Waals surface area contributed by atoms with Gasteiger partial charge < -0.3 is 19.5 Å². The van der Waals surface area contributed by atoms with Crippen molar-refractivity contribution in [2.75, 3.05) is 20.2 Å². The minimum absolute atomic E-state index is 0.119. The van der Waals surface area contributed by atoms with Crippen LogP contribution in [0.2, 0.25) is 0 Å². The van der Waals surface area contributed by atoms with E-state index in [2.05, 4.69) is 0 Å². The Hall–Kier alpha value is -2.24. The minimum Gasteiger partial charge on any atom is -0.497 e. The van der Waals surface area contributed by atoms with Gasteiger partial charge >= 0.3 is 5.97 Å². The molecule has 1 fully saturated rings. The Labute approximate surface area is 129 Å². The van der Waals surface area contributed by atoms with E-state index in [-0.39, 0.29) is 11.8 Å². The molecule has 1 saturated heterocycles. The fourth-order valence-corrected chi connectivity index (χ4v) is 2.53. The van der Waals surface area contributed by atoms with Crippen molar-refractivity contribution in [3.63, 3.8) is 0 Å². The number of amides is 1. The monoisotopic (exact) mass is 307 g/mol. The molecule has 1 N–H and O–H groups in total. The number of carboxylic acids is 1. The first-order chi connectivity index (χ1) is 10.5. The molecule has 22 heavy (non-hydrogen) atoms. The van der Waals surface area contributed by atoms with Crippen LogP contribution in [0.5, 0.6) is 11.5 Å². The van der Waals surface area contributed by atoms with Gasteiger partial charge in [-0.05, 0) is 31.9 Å². The third-order valence-electron chi connectivity index (χ3n) is 3.86. The summed E-state index contributed by atoms with van der Waals surface area (Å²) in [5, 5.41) is 8.98. The summed E-state index contributed by atoms with van der Waals surface area (Å²) in [6.07, 6.45) is 0.369. The minimum atomic E-state index is -0.784. The second-order valence-electron chi connectivity index (χ2n) is 5.38. The van der Waals surface area contributed by atoms with Crippen LogP contribution >= 0.6 is 0 Å². The van der Waals surface area contributed by atoms with Gasteiger partial charge in [-0.25, -0.2) is 0 Å². The molecule has 0 bridgehead atoms. The first kappa shape index (κ1) is 16.1. The number of piperidine rings is 1. The van der Waals surface area contributed by atoms with Crippen molar-refractivity contribution in [3.8, 4) is 11.5 Å². The summed E-state index contributed by atoms with van der Waals surface area (Å²) in [6.45, 7) is 2.62. The first-order valence-corrected chi connectivity index (χ1v) is 7.33. The summed E-state index contributed by atoms with van der Waals surface area (Å²) in [6, 6.07) is 7.09. The average molecular weight is 307 g/mol. The maximum Gasteiger partial charge on any atom is 0.306 e. The van der Waals surface area contributed by atoms with Gasteiger partial charge in [0, 0.05) is 19.2 Å². The van der Waals surface area contributed by atoms with Gasteiger partial charge in [0.05, 0.1) is 13.0 Å². The highest BCUT2D eigenvalue weighted by Crippen LogP contribution is 2.22. The average Bonchev–Trinajstić information content (AvgIpc) is 2.54. The van der Waals surface area contributed by atoms with Crippen LogP contribution < -0.4 is 9.47 Å². The fourth-order valence-electron chi connectivity index (χ4n) is 2.53. The van der Waals surface area contributed by atoms with Crippen molar-refractivity contribution in [2.45, 2.75) is 25.9 Å². The molecule has 6 nitrogen and oxygen atoms in total. The van der Waals surface area contributed by atoms with Crippen LogP contribution in [-0.2, 0) is 9.59 Å². The molecular formula is C16H21NO5. The van der Waals surface area contributed by atoms with Gasteiger partial charge in [-0.3, -0.25) is 9.59 Å². The zero-order valence-corrected chi connectivity index (χ0v) is 12.8. The standard InChI is InChI=1S/C16H21NO5/c1-11(22-14-5-3-4-13(10-14)21-2)15(18)17-8-6-12(7-9-17)16(19)20/h3-5,10-12H,6-9H2,1-2H3,(H,19,20). The molecule has 1 aromatic rings. The molecule has 1 heterocycles. The molecule has 1 aliphatic heterocycles.